The molecule has 8 nitrogen and oxygen atoms in total. The maximum atomic E-state index is 12.3. The standard InChI is InChI=1S/C29H31ClN6O2S/c1-18(21-6-4-5-7-22(21)30)38-25-15-27(39-28(25)29(31)37)36-17-34-23-14-19(8-10-24(23)36)20-9-11-26(33-16-20)32-12-13-35(2)3/h4-10,14-18,26,32H,11-13H2,1-3H3,(H2,31,37)/t18-,26?/m1/s1. The first-order valence-corrected chi connectivity index (χ1v) is 13.9. The second-order valence-corrected chi connectivity index (χ2v) is 11.1. The van der Waals surface area contributed by atoms with Crippen molar-refractivity contribution in [2.75, 3.05) is 27.2 Å². The van der Waals surface area contributed by atoms with E-state index in [1.807, 2.05) is 54.1 Å². The Labute approximate surface area is 236 Å². The van der Waals surface area contributed by atoms with Gasteiger partial charge in [0.1, 0.15) is 34.2 Å². The summed E-state index contributed by atoms with van der Waals surface area (Å²) in [7, 11) is 4.12. The van der Waals surface area contributed by atoms with Gasteiger partial charge >= 0.3 is 0 Å². The number of allylic oxidation sites excluding steroid dienone is 1. The van der Waals surface area contributed by atoms with Crippen molar-refractivity contribution in [3.8, 4) is 10.8 Å². The van der Waals surface area contributed by atoms with Crippen molar-refractivity contribution >= 4 is 51.7 Å². The zero-order valence-electron chi connectivity index (χ0n) is 22.1. The summed E-state index contributed by atoms with van der Waals surface area (Å²) in [5.74, 6) is -0.122. The number of benzene rings is 2. The van der Waals surface area contributed by atoms with Crippen molar-refractivity contribution in [2.45, 2.75) is 25.6 Å². The Morgan fingerprint density at radius 3 is 2.82 bits per heavy atom. The van der Waals surface area contributed by atoms with Crippen LogP contribution in [0.1, 0.15) is 40.2 Å². The van der Waals surface area contributed by atoms with E-state index in [1.54, 1.807) is 6.33 Å². The third-order valence-electron chi connectivity index (χ3n) is 6.57. The summed E-state index contributed by atoms with van der Waals surface area (Å²) in [5.41, 5.74) is 10.4. The highest BCUT2D eigenvalue weighted by Crippen LogP contribution is 2.37. The first kappa shape index (κ1) is 27.1. The molecule has 10 heteroatoms. The summed E-state index contributed by atoms with van der Waals surface area (Å²) in [6.45, 7) is 3.76. The van der Waals surface area contributed by atoms with E-state index in [2.05, 4.69) is 52.5 Å². The van der Waals surface area contributed by atoms with E-state index in [0.717, 1.165) is 52.2 Å². The van der Waals surface area contributed by atoms with Gasteiger partial charge in [-0.05, 0) is 50.4 Å². The van der Waals surface area contributed by atoms with Gasteiger partial charge < -0.3 is 15.4 Å². The van der Waals surface area contributed by atoms with E-state index < -0.39 is 5.91 Å². The Morgan fingerprint density at radius 1 is 1.28 bits per heavy atom. The van der Waals surface area contributed by atoms with Crippen molar-refractivity contribution in [3.63, 3.8) is 0 Å². The normalized spacial score (nSPS) is 16.0. The van der Waals surface area contributed by atoms with Crippen molar-refractivity contribution < 1.29 is 9.53 Å². The molecule has 39 heavy (non-hydrogen) atoms. The number of ether oxygens (including phenoxy) is 1. The lowest BCUT2D eigenvalue weighted by Crippen LogP contribution is -2.34. The SMILES string of the molecule is C[C@@H](Oc1cc(-n2cnc3cc(C4=CCC(NCCN(C)C)N=C4)ccc32)sc1C(N)=O)c1ccccc1Cl. The molecule has 0 fully saturated rings. The first-order valence-electron chi connectivity index (χ1n) is 12.7. The molecular formula is C29H31ClN6O2S. The minimum atomic E-state index is -0.544. The predicted molar refractivity (Wildman–Crippen MR) is 159 cm³/mol. The zero-order chi connectivity index (χ0) is 27.5. The van der Waals surface area contributed by atoms with Gasteiger partial charge in [-0.15, -0.1) is 11.3 Å². The summed E-state index contributed by atoms with van der Waals surface area (Å²) < 4.78 is 8.11. The summed E-state index contributed by atoms with van der Waals surface area (Å²) in [4.78, 5) is 24.1. The monoisotopic (exact) mass is 562 g/mol. The number of dihydropyridines is 1. The Hall–Kier alpha value is -3.50. The van der Waals surface area contributed by atoms with Crippen LogP contribution in [0.2, 0.25) is 5.02 Å². The van der Waals surface area contributed by atoms with Gasteiger partial charge in [0, 0.05) is 42.4 Å². The van der Waals surface area contributed by atoms with Gasteiger partial charge in [0.15, 0.2) is 0 Å². The number of primary amides is 1. The smallest absolute Gasteiger partial charge is 0.262 e. The molecular weight excluding hydrogens is 532 g/mol. The summed E-state index contributed by atoms with van der Waals surface area (Å²) in [5, 5.41) is 4.85. The number of hydrogen-bond acceptors (Lipinski definition) is 7. The lowest BCUT2D eigenvalue weighted by molar-refractivity contribution is 0.0998. The number of nitrogens with one attached hydrogen (secondary N) is 1. The topological polar surface area (TPSA) is 97.8 Å². The molecule has 5 rings (SSSR count). The van der Waals surface area contributed by atoms with Crippen LogP contribution in [0.4, 0.5) is 0 Å². The molecule has 1 aliphatic heterocycles. The molecule has 2 atom stereocenters. The molecule has 0 bridgehead atoms. The van der Waals surface area contributed by atoms with Crippen LogP contribution in [-0.4, -0.2) is 59.9 Å². The van der Waals surface area contributed by atoms with Crippen LogP contribution in [0.3, 0.4) is 0 Å². The van der Waals surface area contributed by atoms with Crippen LogP contribution < -0.4 is 15.8 Å². The zero-order valence-corrected chi connectivity index (χ0v) is 23.7. The number of amides is 1. The van der Waals surface area contributed by atoms with Crippen LogP contribution in [0.25, 0.3) is 21.6 Å². The second-order valence-electron chi connectivity index (χ2n) is 9.69. The van der Waals surface area contributed by atoms with E-state index >= 15 is 0 Å². The van der Waals surface area contributed by atoms with Gasteiger partial charge in [-0.2, -0.15) is 0 Å². The molecule has 2 aromatic heterocycles. The van der Waals surface area contributed by atoms with Crippen molar-refractivity contribution in [2.24, 2.45) is 10.7 Å². The Bertz CT molecular complexity index is 1560. The van der Waals surface area contributed by atoms with E-state index in [1.165, 1.54) is 11.3 Å². The molecule has 202 valence electrons. The van der Waals surface area contributed by atoms with Crippen LogP contribution in [-0.2, 0) is 0 Å². The Kier molecular flexibility index (Phi) is 8.13. The molecule has 3 N–H and O–H groups in total. The summed E-state index contributed by atoms with van der Waals surface area (Å²) in [6.07, 6.45) is 6.46. The number of aliphatic imine (C=N–C) groups is 1. The summed E-state index contributed by atoms with van der Waals surface area (Å²) >= 11 is 7.62. The van der Waals surface area contributed by atoms with Crippen molar-refractivity contribution in [3.05, 3.63) is 82.0 Å². The molecule has 2 aromatic carbocycles. The molecule has 4 aromatic rings. The van der Waals surface area contributed by atoms with Gasteiger partial charge in [-0.3, -0.25) is 19.7 Å². The fourth-order valence-corrected chi connectivity index (χ4v) is 5.69. The first-order chi connectivity index (χ1) is 18.8. The second kappa shape index (κ2) is 11.7. The largest absolute Gasteiger partial charge is 0.484 e. The third-order valence-corrected chi connectivity index (χ3v) is 8.04. The number of halogens is 1. The number of rotatable bonds is 10. The van der Waals surface area contributed by atoms with Crippen LogP contribution in [0.15, 0.2) is 65.9 Å². The quantitative estimate of drug-likeness (QED) is 0.273. The number of likely N-dealkylation sites (N-methyl/N-ethyl adjacent to an activating group) is 1. The Balaban J connectivity index is 1.36. The minimum Gasteiger partial charge on any atom is -0.484 e. The van der Waals surface area contributed by atoms with E-state index in [4.69, 9.17) is 22.1 Å². The van der Waals surface area contributed by atoms with E-state index in [0.29, 0.717) is 15.6 Å². The summed E-state index contributed by atoms with van der Waals surface area (Å²) in [6, 6.07) is 15.5. The highest BCUT2D eigenvalue weighted by Gasteiger charge is 2.21. The van der Waals surface area contributed by atoms with Gasteiger partial charge in [0.25, 0.3) is 5.91 Å². The van der Waals surface area contributed by atoms with Crippen molar-refractivity contribution in [1.29, 1.82) is 0 Å². The fourth-order valence-electron chi connectivity index (χ4n) is 4.47. The van der Waals surface area contributed by atoms with Crippen LogP contribution in [0.5, 0.6) is 5.75 Å². The molecule has 0 aliphatic carbocycles. The number of imidazole rings is 1. The number of hydrogen-bond donors (Lipinski definition) is 2. The number of carbonyl (C=O) groups is 1. The van der Waals surface area contributed by atoms with Gasteiger partial charge in [-0.25, -0.2) is 4.98 Å². The minimum absolute atomic E-state index is 0.104. The molecule has 0 spiro atoms. The average molecular weight is 563 g/mol. The third kappa shape index (κ3) is 6.07. The number of thiophene rings is 1. The highest BCUT2D eigenvalue weighted by molar-refractivity contribution is 7.16. The maximum Gasteiger partial charge on any atom is 0.262 e. The van der Waals surface area contributed by atoms with Gasteiger partial charge in [0.2, 0.25) is 0 Å². The lowest BCUT2D eigenvalue weighted by Gasteiger charge is -2.18. The average Bonchev–Trinajstić information content (AvgIpc) is 3.53. The molecule has 1 aliphatic rings. The number of nitrogens with zero attached hydrogens (tertiary/aromatic N) is 4. The van der Waals surface area contributed by atoms with Crippen LogP contribution in [0, 0.1) is 0 Å². The fraction of sp³-hybridized carbons (Fsp3) is 0.276. The number of fused-ring (bicyclic) bond motifs is 1. The molecule has 0 saturated heterocycles. The lowest BCUT2D eigenvalue weighted by atomic mass is 10.0. The predicted octanol–water partition coefficient (Wildman–Crippen LogP) is 5.31. The van der Waals surface area contributed by atoms with Gasteiger partial charge in [-0.1, -0.05) is 41.9 Å². The number of carbonyl (C=O) groups excluding carboxylic acids is 1. The van der Waals surface area contributed by atoms with Gasteiger partial charge in [0.05, 0.1) is 11.0 Å². The molecule has 0 saturated carbocycles. The van der Waals surface area contributed by atoms with Crippen LogP contribution >= 0.6 is 22.9 Å². The Morgan fingerprint density at radius 2 is 2.10 bits per heavy atom. The van der Waals surface area contributed by atoms with E-state index in [-0.39, 0.29) is 12.3 Å². The van der Waals surface area contributed by atoms with E-state index in [9.17, 15) is 4.79 Å². The molecule has 1 unspecified atom stereocenters. The molecule has 3 heterocycles. The maximum absolute atomic E-state index is 12.3. The molecule has 1 amide bonds. The number of nitrogens with two attached hydrogens (primary N) is 1. The van der Waals surface area contributed by atoms with Crippen molar-refractivity contribution in [1.82, 2.24) is 19.8 Å². The molecule has 0 radical (unpaired) electrons. The highest BCUT2D eigenvalue weighted by atomic mass is 35.5. The number of aromatic nitrogens is 2.